The SMILES string of the molecule is C=CC(=O)NCc1ccc(C(=O)OCc2ccc(OCC)c(OCC)c2)cc1. The zero-order valence-electron chi connectivity index (χ0n) is 16.2. The Morgan fingerprint density at radius 2 is 1.61 bits per heavy atom. The Hall–Kier alpha value is -3.28. The van der Waals surface area contributed by atoms with Gasteiger partial charge in [-0.1, -0.05) is 24.8 Å². The van der Waals surface area contributed by atoms with Gasteiger partial charge in [0.25, 0.3) is 0 Å². The summed E-state index contributed by atoms with van der Waals surface area (Å²) in [6.45, 7) is 8.76. The van der Waals surface area contributed by atoms with E-state index >= 15 is 0 Å². The van der Waals surface area contributed by atoms with E-state index in [1.54, 1.807) is 24.3 Å². The van der Waals surface area contributed by atoms with Crippen molar-refractivity contribution in [2.24, 2.45) is 0 Å². The van der Waals surface area contributed by atoms with Gasteiger partial charge >= 0.3 is 5.97 Å². The molecule has 0 saturated heterocycles. The van der Waals surface area contributed by atoms with Crippen LogP contribution in [0.15, 0.2) is 55.1 Å². The van der Waals surface area contributed by atoms with Crippen molar-refractivity contribution in [3.05, 3.63) is 71.8 Å². The molecule has 2 aromatic rings. The number of rotatable bonds is 10. The largest absolute Gasteiger partial charge is 0.490 e. The van der Waals surface area contributed by atoms with Crippen molar-refractivity contribution in [1.29, 1.82) is 0 Å². The number of hydrogen-bond acceptors (Lipinski definition) is 5. The fourth-order valence-electron chi connectivity index (χ4n) is 2.44. The Morgan fingerprint density at radius 3 is 2.25 bits per heavy atom. The Kier molecular flexibility index (Phi) is 8.09. The number of benzene rings is 2. The van der Waals surface area contributed by atoms with Gasteiger partial charge < -0.3 is 19.5 Å². The maximum absolute atomic E-state index is 12.3. The maximum Gasteiger partial charge on any atom is 0.338 e. The number of carbonyl (C=O) groups is 2. The monoisotopic (exact) mass is 383 g/mol. The second-order valence-electron chi connectivity index (χ2n) is 5.84. The van der Waals surface area contributed by atoms with E-state index in [1.165, 1.54) is 6.08 Å². The van der Waals surface area contributed by atoms with Crippen molar-refractivity contribution < 1.29 is 23.8 Å². The summed E-state index contributed by atoms with van der Waals surface area (Å²) >= 11 is 0. The van der Waals surface area contributed by atoms with Gasteiger partial charge in [0.05, 0.1) is 18.8 Å². The fourth-order valence-corrected chi connectivity index (χ4v) is 2.44. The second kappa shape index (κ2) is 10.8. The van der Waals surface area contributed by atoms with Crippen LogP contribution in [0.3, 0.4) is 0 Å². The molecule has 0 bridgehead atoms. The van der Waals surface area contributed by atoms with Crippen molar-refractivity contribution in [2.45, 2.75) is 27.0 Å². The number of nitrogens with one attached hydrogen (secondary N) is 1. The molecule has 1 N–H and O–H groups in total. The number of hydrogen-bond donors (Lipinski definition) is 1. The van der Waals surface area contributed by atoms with Gasteiger partial charge in [-0.25, -0.2) is 4.79 Å². The van der Waals surface area contributed by atoms with E-state index in [2.05, 4.69) is 11.9 Å². The van der Waals surface area contributed by atoms with Gasteiger partial charge in [-0.2, -0.15) is 0 Å². The summed E-state index contributed by atoms with van der Waals surface area (Å²) in [7, 11) is 0. The van der Waals surface area contributed by atoms with Gasteiger partial charge in [0.2, 0.25) is 5.91 Å². The van der Waals surface area contributed by atoms with Gasteiger partial charge in [0, 0.05) is 6.54 Å². The van der Waals surface area contributed by atoms with E-state index in [4.69, 9.17) is 14.2 Å². The molecule has 148 valence electrons. The molecule has 0 saturated carbocycles. The second-order valence-corrected chi connectivity index (χ2v) is 5.84. The maximum atomic E-state index is 12.3. The summed E-state index contributed by atoms with van der Waals surface area (Å²) in [4.78, 5) is 23.4. The van der Waals surface area contributed by atoms with E-state index in [0.717, 1.165) is 11.1 Å². The molecule has 0 aromatic heterocycles. The lowest BCUT2D eigenvalue weighted by atomic mass is 10.1. The minimum Gasteiger partial charge on any atom is -0.490 e. The van der Waals surface area contributed by atoms with Crippen LogP contribution in [0.25, 0.3) is 0 Å². The van der Waals surface area contributed by atoms with E-state index < -0.39 is 5.97 Å². The third-order valence-corrected chi connectivity index (χ3v) is 3.82. The van der Waals surface area contributed by atoms with Crippen LogP contribution in [0.1, 0.15) is 35.3 Å². The highest BCUT2D eigenvalue weighted by atomic mass is 16.5. The Labute approximate surface area is 165 Å². The smallest absolute Gasteiger partial charge is 0.338 e. The van der Waals surface area contributed by atoms with Gasteiger partial charge in [-0.05, 0) is 55.3 Å². The molecular weight excluding hydrogens is 358 g/mol. The topological polar surface area (TPSA) is 73.9 Å². The molecule has 0 atom stereocenters. The molecule has 28 heavy (non-hydrogen) atoms. The predicted octanol–water partition coefficient (Wildman–Crippen LogP) is 3.64. The van der Waals surface area contributed by atoms with Crippen LogP contribution in [-0.2, 0) is 22.7 Å². The minimum atomic E-state index is -0.423. The lowest BCUT2D eigenvalue weighted by molar-refractivity contribution is -0.116. The molecule has 0 aliphatic carbocycles. The lowest BCUT2D eigenvalue weighted by Crippen LogP contribution is -2.19. The van der Waals surface area contributed by atoms with Crippen molar-refractivity contribution >= 4 is 11.9 Å². The number of amides is 1. The molecule has 6 heteroatoms. The third-order valence-electron chi connectivity index (χ3n) is 3.82. The van der Waals surface area contributed by atoms with Crippen LogP contribution >= 0.6 is 0 Å². The molecule has 0 fully saturated rings. The van der Waals surface area contributed by atoms with Crippen molar-refractivity contribution in [3.8, 4) is 11.5 Å². The van der Waals surface area contributed by atoms with E-state index in [1.807, 2.05) is 32.0 Å². The predicted molar refractivity (Wildman–Crippen MR) is 106 cm³/mol. The number of esters is 1. The highest BCUT2D eigenvalue weighted by molar-refractivity contribution is 5.89. The first-order chi connectivity index (χ1) is 13.6. The van der Waals surface area contributed by atoms with E-state index in [9.17, 15) is 9.59 Å². The Morgan fingerprint density at radius 1 is 0.964 bits per heavy atom. The molecule has 6 nitrogen and oxygen atoms in total. The molecular formula is C22H25NO5. The summed E-state index contributed by atoms with van der Waals surface area (Å²) in [6.07, 6.45) is 1.21. The highest BCUT2D eigenvalue weighted by Crippen LogP contribution is 2.28. The van der Waals surface area contributed by atoms with Crippen molar-refractivity contribution in [1.82, 2.24) is 5.32 Å². The molecule has 2 rings (SSSR count). The van der Waals surface area contributed by atoms with E-state index in [0.29, 0.717) is 36.8 Å². The summed E-state index contributed by atoms with van der Waals surface area (Å²) in [6, 6.07) is 12.3. The van der Waals surface area contributed by atoms with Crippen molar-refractivity contribution in [2.75, 3.05) is 13.2 Å². The summed E-state index contributed by atoms with van der Waals surface area (Å²) < 4.78 is 16.5. The molecule has 0 unspecified atom stereocenters. The van der Waals surface area contributed by atoms with Crippen LogP contribution in [0.2, 0.25) is 0 Å². The third kappa shape index (κ3) is 6.16. The quantitative estimate of drug-likeness (QED) is 0.501. The highest BCUT2D eigenvalue weighted by Gasteiger charge is 2.10. The molecule has 0 heterocycles. The molecule has 0 aliphatic heterocycles. The lowest BCUT2D eigenvalue weighted by Gasteiger charge is -2.12. The Balaban J connectivity index is 1.95. The van der Waals surface area contributed by atoms with Gasteiger partial charge in [-0.3, -0.25) is 4.79 Å². The standard InChI is InChI=1S/C22H25NO5/c1-4-21(24)23-14-16-7-10-18(11-8-16)22(25)28-15-17-9-12-19(26-5-2)20(13-17)27-6-3/h4,7-13H,1,5-6,14-15H2,2-3H3,(H,23,24). The van der Waals surface area contributed by atoms with Crippen LogP contribution in [0.5, 0.6) is 11.5 Å². The zero-order chi connectivity index (χ0) is 20.4. The molecule has 1 amide bonds. The number of ether oxygens (including phenoxy) is 3. The van der Waals surface area contributed by atoms with Crippen LogP contribution in [-0.4, -0.2) is 25.1 Å². The summed E-state index contributed by atoms with van der Waals surface area (Å²) in [5.74, 6) is 0.626. The summed E-state index contributed by atoms with van der Waals surface area (Å²) in [5.41, 5.74) is 2.12. The molecule has 0 radical (unpaired) electrons. The molecule has 2 aromatic carbocycles. The van der Waals surface area contributed by atoms with Gasteiger partial charge in [0.15, 0.2) is 11.5 Å². The minimum absolute atomic E-state index is 0.127. The average molecular weight is 383 g/mol. The van der Waals surface area contributed by atoms with E-state index in [-0.39, 0.29) is 12.5 Å². The van der Waals surface area contributed by atoms with Gasteiger partial charge in [-0.15, -0.1) is 0 Å². The van der Waals surface area contributed by atoms with Crippen LogP contribution < -0.4 is 14.8 Å². The van der Waals surface area contributed by atoms with Crippen LogP contribution in [0.4, 0.5) is 0 Å². The molecule has 0 aliphatic rings. The first kappa shape index (κ1) is 21.0. The molecule has 0 spiro atoms. The first-order valence-corrected chi connectivity index (χ1v) is 9.12. The van der Waals surface area contributed by atoms with Gasteiger partial charge in [0.1, 0.15) is 6.61 Å². The Bertz CT molecular complexity index is 814. The number of carbonyl (C=O) groups excluding carboxylic acids is 2. The van der Waals surface area contributed by atoms with Crippen LogP contribution in [0, 0.1) is 0 Å². The zero-order valence-corrected chi connectivity index (χ0v) is 16.2. The normalized spacial score (nSPS) is 10.1. The first-order valence-electron chi connectivity index (χ1n) is 9.12. The average Bonchev–Trinajstić information content (AvgIpc) is 2.72. The fraction of sp³-hybridized carbons (Fsp3) is 0.273. The summed E-state index contributed by atoms with van der Waals surface area (Å²) in [5, 5.41) is 2.68. The van der Waals surface area contributed by atoms with Crippen molar-refractivity contribution in [3.63, 3.8) is 0 Å².